The molecule has 0 aliphatic carbocycles. The van der Waals surface area contributed by atoms with Crippen molar-refractivity contribution >= 4 is 35.7 Å². The van der Waals surface area contributed by atoms with Gasteiger partial charge in [0.2, 0.25) is 5.91 Å². The lowest BCUT2D eigenvalue weighted by Crippen LogP contribution is -2.31. The maximum absolute atomic E-state index is 12.5. The molecule has 2 atom stereocenters. The van der Waals surface area contributed by atoms with Gasteiger partial charge in [-0.1, -0.05) is 43.3 Å². The highest BCUT2D eigenvalue weighted by atomic mass is 35.5. The topological polar surface area (TPSA) is 87.5 Å². The number of hydrogen-bond donors (Lipinski definition) is 3. The summed E-state index contributed by atoms with van der Waals surface area (Å²) in [6.45, 7) is 3.05. The lowest BCUT2D eigenvalue weighted by atomic mass is 9.94. The van der Waals surface area contributed by atoms with E-state index in [0.717, 1.165) is 11.3 Å². The molecule has 1 saturated heterocycles. The first-order chi connectivity index (χ1) is 12.1. The molecule has 1 aliphatic rings. The van der Waals surface area contributed by atoms with E-state index in [1.807, 2.05) is 49.4 Å². The fraction of sp³-hybridized carbons (Fsp3) is 0.263. The standard InChI is InChI=1S/C19H22N4O2.ClH/c1-13(17(20)14-6-3-2-4-7-14)18(24)22-15-8-5-9-16(12-15)23-11-10-21-19(23)25;/h2-9,12-13,17H,10-11,20H2,1H3,(H,21,25)(H,22,24);1H. The Kier molecular flexibility index (Phi) is 6.60. The fourth-order valence-corrected chi connectivity index (χ4v) is 2.85. The molecule has 138 valence electrons. The van der Waals surface area contributed by atoms with Gasteiger partial charge in [0.05, 0.1) is 5.92 Å². The molecule has 2 aromatic rings. The summed E-state index contributed by atoms with van der Waals surface area (Å²) in [5, 5.41) is 5.66. The Balaban J connectivity index is 0.00000243. The van der Waals surface area contributed by atoms with Crippen molar-refractivity contribution in [1.82, 2.24) is 5.32 Å². The predicted octanol–water partition coefficient (Wildman–Crippen LogP) is 2.91. The van der Waals surface area contributed by atoms with Gasteiger partial charge in [0.15, 0.2) is 0 Å². The van der Waals surface area contributed by atoms with Crippen molar-refractivity contribution in [2.45, 2.75) is 13.0 Å². The molecule has 3 amide bonds. The second-order valence-electron chi connectivity index (χ2n) is 6.15. The maximum Gasteiger partial charge on any atom is 0.321 e. The van der Waals surface area contributed by atoms with Crippen LogP contribution in [0.1, 0.15) is 18.5 Å². The van der Waals surface area contributed by atoms with Gasteiger partial charge in [-0.2, -0.15) is 0 Å². The van der Waals surface area contributed by atoms with Crippen LogP contribution in [0.15, 0.2) is 54.6 Å². The van der Waals surface area contributed by atoms with Gasteiger partial charge in [0.1, 0.15) is 0 Å². The van der Waals surface area contributed by atoms with E-state index >= 15 is 0 Å². The van der Waals surface area contributed by atoms with Crippen LogP contribution in [0, 0.1) is 5.92 Å². The number of nitrogens with two attached hydrogens (primary N) is 1. The molecule has 1 fully saturated rings. The summed E-state index contributed by atoms with van der Waals surface area (Å²) in [5.41, 5.74) is 8.55. The van der Waals surface area contributed by atoms with Crippen molar-refractivity contribution in [3.63, 3.8) is 0 Å². The molecule has 4 N–H and O–H groups in total. The number of carbonyl (C=O) groups excluding carboxylic acids is 2. The third-order valence-corrected chi connectivity index (χ3v) is 4.42. The molecule has 1 heterocycles. The summed E-state index contributed by atoms with van der Waals surface area (Å²) in [7, 11) is 0. The molecular formula is C19H23ClN4O2. The summed E-state index contributed by atoms with van der Waals surface area (Å²) in [6, 6.07) is 16.3. The van der Waals surface area contributed by atoms with Crippen LogP contribution < -0.4 is 21.3 Å². The Labute approximate surface area is 159 Å². The largest absolute Gasteiger partial charge is 0.336 e. The zero-order valence-electron chi connectivity index (χ0n) is 14.5. The van der Waals surface area contributed by atoms with E-state index in [2.05, 4.69) is 10.6 Å². The van der Waals surface area contributed by atoms with Gasteiger partial charge in [-0.3, -0.25) is 9.69 Å². The SMILES string of the molecule is CC(C(=O)Nc1cccc(N2CCNC2=O)c1)C(N)c1ccccc1.Cl. The number of amides is 3. The van der Waals surface area contributed by atoms with Gasteiger partial charge in [0.25, 0.3) is 0 Å². The molecular weight excluding hydrogens is 352 g/mol. The van der Waals surface area contributed by atoms with Gasteiger partial charge in [-0.05, 0) is 23.8 Å². The fourth-order valence-electron chi connectivity index (χ4n) is 2.85. The summed E-state index contributed by atoms with van der Waals surface area (Å²) in [6.07, 6.45) is 0. The summed E-state index contributed by atoms with van der Waals surface area (Å²) in [5.74, 6) is -0.541. The minimum Gasteiger partial charge on any atom is -0.336 e. The molecule has 0 spiro atoms. The number of hydrogen-bond acceptors (Lipinski definition) is 3. The number of benzene rings is 2. The number of carbonyl (C=O) groups is 2. The van der Waals surface area contributed by atoms with Crippen LogP contribution in [0.2, 0.25) is 0 Å². The van der Waals surface area contributed by atoms with Gasteiger partial charge in [-0.15, -0.1) is 12.4 Å². The van der Waals surface area contributed by atoms with E-state index in [-0.39, 0.29) is 36.3 Å². The Morgan fingerprint density at radius 2 is 1.92 bits per heavy atom. The van der Waals surface area contributed by atoms with Gasteiger partial charge in [-0.25, -0.2) is 4.79 Å². The summed E-state index contributed by atoms with van der Waals surface area (Å²) in [4.78, 5) is 26.0. The second kappa shape index (κ2) is 8.69. The molecule has 0 radical (unpaired) electrons. The van der Waals surface area contributed by atoms with E-state index in [1.54, 1.807) is 17.0 Å². The maximum atomic E-state index is 12.5. The van der Waals surface area contributed by atoms with Crippen LogP contribution in [-0.4, -0.2) is 25.0 Å². The lowest BCUT2D eigenvalue weighted by Gasteiger charge is -2.20. The van der Waals surface area contributed by atoms with Crippen molar-refractivity contribution in [3.05, 3.63) is 60.2 Å². The Morgan fingerprint density at radius 3 is 2.58 bits per heavy atom. The molecule has 2 unspecified atom stereocenters. The monoisotopic (exact) mass is 374 g/mol. The molecule has 3 rings (SSSR count). The molecule has 0 saturated carbocycles. The lowest BCUT2D eigenvalue weighted by molar-refractivity contribution is -0.120. The number of urea groups is 1. The van der Waals surface area contributed by atoms with E-state index in [0.29, 0.717) is 18.8 Å². The highest BCUT2D eigenvalue weighted by molar-refractivity contribution is 5.96. The molecule has 26 heavy (non-hydrogen) atoms. The van der Waals surface area contributed by atoms with Crippen LogP contribution >= 0.6 is 12.4 Å². The van der Waals surface area contributed by atoms with E-state index in [1.165, 1.54) is 0 Å². The van der Waals surface area contributed by atoms with Crippen molar-refractivity contribution in [2.24, 2.45) is 11.7 Å². The number of nitrogens with zero attached hydrogens (tertiary/aromatic N) is 1. The van der Waals surface area contributed by atoms with Crippen LogP contribution in [0.25, 0.3) is 0 Å². The van der Waals surface area contributed by atoms with E-state index < -0.39 is 0 Å². The van der Waals surface area contributed by atoms with Gasteiger partial charge < -0.3 is 16.4 Å². The van der Waals surface area contributed by atoms with Crippen molar-refractivity contribution in [3.8, 4) is 0 Å². The van der Waals surface area contributed by atoms with E-state index in [4.69, 9.17) is 5.73 Å². The molecule has 0 bridgehead atoms. The van der Waals surface area contributed by atoms with Gasteiger partial charge >= 0.3 is 6.03 Å². The van der Waals surface area contributed by atoms with Crippen LogP contribution in [0.5, 0.6) is 0 Å². The number of halogens is 1. The Morgan fingerprint density at radius 1 is 1.19 bits per heavy atom. The third kappa shape index (κ3) is 4.33. The molecule has 2 aromatic carbocycles. The molecule has 6 nitrogen and oxygen atoms in total. The predicted molar refractivity (Wildman–Crippen MR) is 106 cm³/mol. The Hall–Kier alpha value is -2.57. The molecule has 1 aliphatic heterocycles. The first-order valence-corrected chi connectivity index (χ1v) is 8.33. The quantitative estimate of drug-likeness (QED) is 0.751. The zero-order chi connectivity index (χ0) is 17.8. The molecule has 0 aromatic heterocycles. The third-order valence-electron chi connectivity index (χ3n) is 4.42. The average molecular weight is 375 g/mol. The van der Waals surface area contributed by atoms with Crippen LogP contribution in [-0.2, 0) is 4.79 Å². The minimum absolute atomic E-state index is 0. The Bertz CT molecular complexity index is 769. The van der Waals surface area contributed by atoms with Crippen molar-refractivity contribution < 1.29 is 9.59 Å². The highest BCUT2D eigenvalue weighted by Crippen LogP contribution is 2.24. The zero-order valence-corrected chi connectivity index (χ0v) is 15.3. The smallest absolute Gasteiger partial charge is 0.321 e. The van der Waals surface area contributed by atoms with Gasteiger partial charge in [0, 0.05) is 30.5 Å². The number of rotatable bonds is 5. The van der Waals surface area contributed by atoms with Crippen LogP contribution in [0.4, 0.5) is 16.2 Å². The summed E-state index contributed by atoms with van der Waals surface area (Å²) < 4.78 is 0. The number of anilines is 2. The molecule has 7 heteroatoms. The first-order valence-electron chi connectivity index (χ1n) is 8.33. The van der Waals surface area contributed by atoms with Crippen LogP contribution in [0.3, 0.4) is 0 Å². The average Bonchev–Trinajstić information content (AvgIpc) is 3.07. The van der Waals surface area contributed by atoms with E-state index in [9.17, 15) is 9.59 Å². The summed E-state index contributed by atoms with van der Waals surface area (Å²) >= 11 is 0. The highest BCUT2D eigenvalue weighted by Gasteiger charge is 2.24. The normalized spacial score (nSPS) is 15.6. The second-order valence-corrected chi connectivity index (χ2v) is 6.15. The minimum atomic E-state index is -0.388. The number of nitrogens with one attached hydrogen (secondary N) is 2. The van der Waals surface area contributed by atoms with Crippen molar-refractivity contribution in [1.29, 1.82) is 0 Å². The first kappa shape index (κ1) is 19.8. The van der Waals surface area contributed by atoms with Crippen molar-refractivity contribution in [2.75, 3.05) is 23.3 Å².